The van der Waals surface area contributed by atoms with Crippen molar-refractivity contribution in [3.8, 4) is 11.5 Å². The van der Waals surface area contributed by atoms with Crippen LogP contribution in [0.3, 0.4) is 0 Å². The summed E-state index contributed by atoms with van der Waals surface area (Å²) in [5, 5.41) is 0. The molecule has 1 fully saturated rings. The van der Waals surface area contributed by atoms with E-state index in [1.165, 1.54) is 12.1 Å². The first-order valence-corrected chi connectivity index (χ1v) is 12.1. The Morgan fingerprint density at radius 1 is 1.06 bits per heavy atom. The van der Waals surface area contributed by atoms with Crippen LogP contribution in [0.2, 0.25) is 0 Å². The van der Waals surface area contributed by atoms with Crippen molar-refractivity contribution in [2.45, 2.75) is 17.7 Å². The highest BCUT2D eigenvalue weighted by molar-refractivity contribution is 7.92. The molecule has 1 aromatic heterocycles. The van der Waals surface area contributed by atoms with E-state index < -0.39 is 10.0 Å². The number of sulfonamides is 1. The topological polar surface area (TPSA) is 137 Å². The molecular formula is C22H23N5O5S. The van der Waals surface area contributed by atoms with E-state index >= 15 is 0 Å². The number of carbonyl (C=O) groups is 1. The molecule has 0 spiro atoms. The molecule has 2 aliphatic heterocycles. The van der Waals surface area contributed by atoms with E-state index in [0.29, 0.717) is 61.1 Å². The third-order valence-electron chi connectivity index (χ3n) is 5.73. The number of anilines is 2. The van der Waals surface area contributed by atoms with E-state index in [1.807, 2.05) is 11.0 Å². The number of hydrogen-bond donors (Lipinski definition) is 2. The quantitative estimate of drug-likeness (QED) is 0.578. The van der Waals surface area contributed by atoms with E-state index in [2.05, 4.69) is 14.7 Å². The van der Waals surface area contributed by atoms with Gasteiger partial charge in [0.25, 0.3) is 10.0 Å². The van der Waals surface area contributed by atoms with Crippen molar-refractivity contribution >= 4 is 38.6 Å². The van der Waals surface area contributed by atoms with Gasteiger partial charge in [0.05, 0.1) is 21.8 Å². The smallest absolute Gasteiger partial charge is 0.263 e. The number of primary amides is 1. The molecule has 0 radical (unpaired) electrons. The number of fused-ring (bicyclic) bond motifs is 2. The number of hydrogen-bond acceptors (Lipinski definition) is 8. The average Bonchev–Trinajstić information content (AvgIpc) is 2.83. The minimum absolute atomic E-state index is 0.0151. The highest BCUT2D eigenvalue weighted by atomic mass is 32.2. The normalized spacial score (nSPS) is 18.2. The van der Waals surface area contributed by atoms with Crippen LogP contribution < -0.4 is 24.8 Å². The van der Waals surface area contributed by atoms with E-state index in [-0.39, 0.29) is 22.5 Å². The molecule has 0 saturated carbocycles. The summed E-state index contributed by atoms with van der Waals surface area (Å²) in [6, 6.07) is 11.7. The van der Waals surface area contributed by atoms with Gasteiger partial charge in [0.1, 0.15) is 13.2 Å². The maximum absolute atomic E-state index is 13.3. The Balaban J connectivity index is 1.54. The largest absolute Gasteiger partial charge is 0.486 e. The summed E-state index contributed by atoms with van der Waals surface area (Å²) in [7, 11) is -4.01. The van der Waals surface area contributed by atoms with Crippen LogP contribution in [0.5, 0.6) is 11.5 Å². The van der Waals surface area contributed by atoms with Crippen LogP contribution >= 0.6 is 0 Å². The van der Waals surface area contributed by atoms with E-state index in [4.69, 9.17) is 15.2 Å². The molecule has 1 unspecified atom stereocenters. The molecule has 1 atom stereocenters. The summed E-state index contributed by atoms with van der Waals surface area (Å²) < 4.78 is 40.1. The summed E-state index contributed by atoms with van der Waals surface area (Å²) in [5.41, 5.74) is 6.70. The van der Waals surface area contributed by atoms with Gasteiger partial charge in [-0.2, -0.15) is 0 Å². The van der Waals surface area contributed by atoms with E-state index in [0.717, 1.165) is 6.42 Å². The Kier molecular flexibility index (Phi) is 5.41. The lowest BCUT2D eigenvalue weighted by molar-refractivity contribution is -0.122. The SMILES string of the molecule is NC(=O)C1CCCN(c2nc3ccccc3nc2NS(=O)(=O)c2ccc3c(c2)OCCO3)C1. The zero-order valence-electron chi connectivity index (χ0n) is 17.7. The number of nitrogens with one attached hydrogen (secondary N) is 1. The number of amides is 1. The number of benzene rings is 2. The Morgan fingerprint density at radius 3 is 2.55 bits per heavy atom. The molecule has 1 saturated heterocycles. The molecule has 0 bridgehead atoms. The van der Waals surface area contributed by atoms with E-state index in [1.54, 1.807) is 24.3 Å². The molecular weight excluding hydrogens is 446 g/mol. The lowest BCUT2D eigenvalue weighted by Crippen LogP contribution is -2.42. The molecule has 172 valence electrons. The number of ether oxygens (including phenoxy) is 2. The van der Waals surface area contributed by atoms with Gasteiger partial charge in [-0.15, -0.1) is 0 Å². The van der Waals surface area contributed by atoms with Gasteiger partial charge < -0.3 is 20.1 Å². The van der Waals surface area contributed by atoms with Gasteiger partial charge in [0.15, 0.2) is 23.1 Å². The fourth-order valence-electron chi connectivity index (χ4n) is 4.06. The van der Waals surface area contributed by atoms with Gasteiger partial charge in [-0.05, 0) is 37.1 Å². The molecule has 10 nitrogen and oxygen atoms in total. The Labute approximate surface area is 190 Å². The third kappa shape index (κ3) is 4.23. The lowest BCUT2D eigenvalue weighted by Gasteiger charge is -2.33. The monoisotopic (exact) mass is 469 g/mol. The van der Waals surface area contributed by atoms with Crippen molar-refractivity contribution in [3.63, 3.8) is 0 Å². The summed E-state index contributed by atoms with van der Waals surface area (Å²) >= 11 is 0. The van der Waals surface area contributed by atoms with Crippen LogP contribution in [-0.4, -0.2) is 50.6 Å². The average molecular weight is 470 g/mol. The number of nitrogens with two attached hydrogens (primary N) is 1. The lowest BCUT2D eigenvalue weighted by atomic mass is 9.97. The fourth-order valence-corrected chi connectivity index (χ4v) is 5.08. The van der Waals surface area contributed by atoms with Gasteiger partial charge in [-0.25, -0.2) is 18.4 Å². The van der Waals surface area contributed by atoms with Gasteiger partial charge in [0.2, 0.25) is 5.91 Å². The summed E-state index contributed by atoms with van der Waals surface area (Å²) in [4.78, 5) is 22.9. The Morgan fingerprint density at radius 2 is 1.79 bits per heavy atom. The molecule has 11 heteroatoms. The van der Waals surface area contributed by atoms with Crippen LogP contribution in [0.25, 0.3) is 11.0 Å². The number of carbonyl (C=O) groups excluding carboxylic acids is 1. The highest BCUT2D eigenvalue weighted by Gasteiger charge is 2.29. The predicted molar refractivity (Wildman–Crippen MR) is 122 cm³/mol. The number of nitrogens with zero attached hydrogens (tertiary/aromatic N) is 3. The first-order valence-electron chi connectivity index (χ1n) is 10.6. The molecule has 3 aromatic rings. The predicted octanol–water partition coefficient (Wildman–Crippen LogP) is 1.90. The Bertz CT molecular complexity index is 1330. The number of rotatable bonds is 5. The van der Waals surface area contributed by atoms with Crippen LogP contribution in [0.15, 0.2) is 47.4 Å². The maximum atomic E-state index is 13.3. The number of para-hydroxylation sites is 2. The maximum Gasteiger partial charge on any atom is 0.263 e. The first kappa shape index (κ1) is 21.3. The van der Waals surface area contributed by atoms with Crippen molar-refractivity contribution in [2.75, 3.05) is 35.9 Å². The molecule has 33 heavy (non-hydrogen) atoms. The molecule has 0 aliphatic carbocycles. The number of piperidine rings is 1. The molecule has 5 rings (SSSR count). The standard InChI is InChI=1S/C22H23N5O5S/c23-20(28)14-4-3-9-27(13-14)22-21(24-16-5-1-2-6-17(16)25-22)26-33(29,30)15-7-8-18-19(12-15)32-11-10-31-18/h1-2,5-8,12,14H,3-4,9-11,13H2,(H2,23,28)(H,24,26). The zero-order valence-corrected chi connectivity index (χ0v) is 18.5. The second-order valence-electron chi connectivity index (χ2n) is 7.98. The summed E-state index contributed by atoms with van der Waals surface area (Å²) in [5.74, 6) is 0.599. The molecule has 3 N–H and O–H groups in total. The van der Waals surface area contributed by atoms with Crippen LogP contribution in [0.4, 0.5) is 11.6 Å². The molecule has 2 aromatic carbocycles. The van der Waals surface area contributed by atoms with Crippen molar-refractivity contribution < 1.29 is 22.7 Å². The highest BCUT2D eigenvalue weighted by Crippen LogP contribution is 2.34. The van der Waals surface area contributed by atoms with Crippen molar-refractivity contribution in [1.29, 1.82) is 0 Å². The van der Waals surface area contributed by atoms with Gasteiger partial charge in [-0.3, -0.25) is 9.52 Å². The minimum atomic E-state index is -4.01. The Hall–Kier alpha value is -3.60. The van der Waals surface area contributed by atoms with Crippen LogP contribution in [0, 0.1) is 5.92 Å². The second-order valence-corrected chi connectivity index (χ2v) is 9.67. The summed E-state index contributed by atoms with van der Waals surface area (Å²) in [6.07, 6.45) is 1.42. The molecule has 1 amide bonds. The fraction of sp³-hybridized carbons (Fsp3) is 0.318. The minimum Gasteiger partial charge on any atom is -0.486 e. The molecule has 2 aliphatic rings. The van der Waals surface area contributed by atoms with Gasteiger partial charge >= 0.3 is 0 Å². The number of aromatic nitrogens is 2. The summed E-state index contributed by atoms with van der Waals surface area (Å²) in [6.45, 7) is 1.71. The third-order valence-corrected chi connectivity index (χ3v) is 7.07. The first-order chi connectivity index (χ1) is 15.9. The zero-order chi connectivity index (χ0) is 23.0. The van der Waals surface area contributed by atoms with Crippen LogP contribution in [-0.2, 0) is 14.8 Å². The van der Waals surface area contributed by atoms with Crippen LogP contribution in [0.1, 0.15) is 12.8 Å². The van der Waals surface area contributed by atoms with Gasteiger partial charge in [0, 0.05) is 19.2 Å². The van der Waals surface area contributed by atoms with Gasteiger partial charge in [-0.1, -0.05) is 12.1 Å². The molecule has 3 heterocycles. The van der Waals surface area contributed by atoms with E-state index in [9.17, 15) is 13.2 Å². The van der Waals surface area contributed by atoms with Crippen molar-refractivity contribution in [3.05, 3.63) is 42.5 Å². The second kappa shape index (κ2) is 8.39. The van der Waals surface area contributed by atoms with Crippen molar-refractivity contribution in [1.82, 2.24) is 9.97 Å². The van der Waals surface area contributed by atoms with Crippen molar-refractivity contribution in [2.24, 2.45) is 11.7 Å².